The van der Waals surface area contributed by atoms with Crippen LogP contribution in [-0.2, 0) is 4.79 Å². The predicted molar refractivity (Wildman–Crippen MR) is 74.0 cm³/mol. The molecule has 0 fully saturated rings. The maximum Gasteiger partial charge on any atom is 0.221 e. The Hall–Kier alpha value is -0.570. The smallest absolute Gasteiger partial charge is 0.221 e. The third-order valence-corrected chi connectivity index (χ3v) is 2.68. The van der Waals surface area contributed by atoms with Crippen LogP contribution in [-0.4, -0.2) is 24.0 Å². The minimum absolute atomic E-state index is 0.122. The summed E-state index contributed by atoms with van der Waals surface area (Å²) < 4.78 is 0. The van der Waals surface area contributed by atoms with Gasteiger partial charge in [-0.1, -0.05) is 27.7 Å². The Morgan fingerprint density at radius 2 is 1.53 bits per heavy atom. The maximum atomic E-state index is 11.6. The average Bonchev–Trinajstić information content (AvgIpc) is 2.07. The van der Waals surface area contributed by atoms with Crippen LogP contribution in [0, 0.1) is 11.8 Å². The molecule has 0 spiro atoms. The van der Waals surface area contributed by atoms with Gasteiger partial charge < -0.3 is 10.6 Å². The van der Waals surface area contributed by atoms with Crippen LogP contribution >= 0.6 is 0 Å². The van der Waals surface area contributed by atoms with Crippen LogP contribution in [0.1, 0.15) is 54.9 Å². The van der Waals surface area contributed by atoms with Crippen molar-refractivity contribution >= 4 is 5.91 Å². The molecule has 0 atom stereocenters. The quantitative estimate of drug-likeness (QED) is 0.751. The Balaban J connectivity index is 3.93. The molecule has 102 valence electrons. The lowest BCUT2D eigenvalue weighted by Crippen LogP contribution is -2.44. The molecule has 0 radical (unpaired) electrons. The molecule has 0 bridgehead atoms. The molecule has 0 aliphatic carbocycles. The van der Waals surface area contributed by atoms with E-state index in [0.29, 0.717) is 24.3 Å². The molecule has 0 aliphatic heterocycles. The van der Waals surface area contributed by atoms with E-state index in [-0.39, 0.29) is 11.4 Å². The van der Waals surface area contributed by atoms with Crippen LogP contribution in [0.3, 0.4) is 0 Å². The van der Waals surface area contributed by atoms with Crippen molar-refractivity contribution in [3.05, 3.63) is 0 Å². The zero-order valence-corrected chi connectivity index (χ0v) is 12.6. The first-order valence-electron chi connectivity index (χ1n) is 6.68. The minimum Gasteiger partial charge on any atom is -0.351 e. The molecule has 17 heavy (non-hydrogen) atoms. The Labute approximate surface area is 107 Å². The van der Waals surface area contributed by atoms with E-state index in [4.69, 9.17) is 0 Å². The zero-order chi connectivity index (χ0) is 13.6. The van der Waals surface area contributed by atoms with Gasteiger partial charge in [-0.15, -0.1) is 0 Å². The van der Waals surface area contributed by atoms with Crippen molar-refractivity contribution in [3.63, 3.8) is 0 Å². The van der Waals surface area contributed by atoms with Gasteiger partial charge in [0.15, 0.2) is 0 Å². The summed E-state index contributed by atoms with van der Waals surface area (Å²) in [4.78, 5) is 11.6. The number of nitrogens with one attached hydrogen (secondary N) is 2. The van der Waals surface area contributed by atoms with Gasteiger partial charge in [-0.2, -0.15) is 0 Å². The summed E-state index contributed by atoms with van der Waals surface area (Å²) in [5.41, 5.74) is -0.132. The summed E-state index contributed by atoms with van der Waals surface area (Å²) in [6, 6.07) is 0.484. The molecule has 0 heterocycles. The fourth-order valence-electron chi connectivity index (χ4n) is 2.07. The van der Waals surface area contributed by atoms with Gasteiger partial charge >= 0.3 is 0 Å². The van der Waals surface area contributed by atoms with Crippen LogP contribution in [0.2, 0.25) is 0 Å². The molecule has 0 rings (SSSR count). The highest BCUT2D eigenvalue weighted by Gasteiger charge is 2.17. The summed E-state index contributed by atoms with van der Waals surface area (Å²) in [6.45, 7) is 15.6. The normalized spacial score (nSPS) is 12.6. The van der Waals surface area contributed by atoms with Crippen molar-refractivity contribution in [2.45, 2.75) is 66.5 Å². The minimum atomic E-state index is -0.132. The molecule has 0 aromatic carbocycles. The van der Waals surface area contributed by atoms with E-state index in [0.717, 1.165) is 6.54 Å². The largest absolute Gasteiger partial charge is 0.351 e. The van der Waals surface area contributed by atoms with Crippen molar-refractivity contribution in [2.24, 2.45) is 11.8 Å². The topological polar surface area (TPSA) is 41.1 Å². The Bertz CT molecular complexity index is 221. The third kappa shape index (κ3) is 8.19. The van der Waals surface area contributed by atoms with Crippen molar-refractivity contribution < 1.29 is 4.79 Å². The van der Waals surface area contributed by atoms with Crippen molar-refractivity contribution in [3.8, 4) is 0 Å². The lowest BCUT2D eigenvalue weighted by atomic mass is 9.93. The predicted octanol–water partition coefficient (Wildman–Crippen LogP) is 2.56. The number of carbonyl (C=O) groups excluding carboxylic acids is 1. The molecular formula is C14H30N2O. The number of carbonyl (C=O) groups is 1. The molecule has 1 amide bonds. The van der Waals surface area contributed by atoms with Gasteiger partial charge in [-0.05, 0) is 32.6 Å². The highest BCUT2D eigenvalue weighted by atomic mass is 16.1. The maximum absolute atomic E-state index is 11.6. The second-order valence-corrected chi connectivity index (χ2v) is 6.52. The number of hydrogen-bond donors (Lipinski definition) is 2. The number of amides is 1. The summed E-state index contributed by atoms with van der Waals surface area (Å²) in [5, 5.41) is 6.45. The summed E-state index contributed by atoms with van der Waals surface area (Å²) in [7, 11) is 0. The summed E-state index contributed by atoms with van der Waals surface area (Å²) in [6.07, 6.45) is 0.549. The summed E-state index contributed by atoms with van der Waals surface area (Å²) >= 11 is 0. The molecule has 0 aliphatic rings. The number of hydrogen-bond acceptors (Lipinski definition) is 2. The van der Waals surface area contributed by atoms with E-state index in [2.05, 4.69) is 38.3 Å². The molecule has 0 unspecified atom stereocenters. The molecule has 0 aromatic rings. The van der Waals surface area contributed by atoms with Gasteiger partial charge in [0, 0.05) is 24.5 Å². The van der Waals surface area contributed by atoms with Gasteiger partial charge in [0.05, 0.1) is 0 Å². The monoisotopic (exact) mass is 242 g/mol. The van der Waals surface area contributed by atoms with E-state index in [1.54, 1.807) is 0 Å². The Kier molecular flexibility index (Phi) is 6.76. The van der Waals surface area contributed by atoms with Crippen molar-refractivity contribution in [1.82, 2.24) is 10.6 Å². The van der Waals surface area contributed by atoms with Crippen molar-refractivity contribution in [2.75, 3.05) is 6.54 Å². The fraction of sp³-hybridized carbons (Fsp3) is 0.929. The van der Waals surface area contributed by atoms with E-state index in [1.807, 2.05) is 20.8 Å². The van der Waals surface area contributed by atoms with Crippen LogP contribution in [0.25, 0.3) is 0 Å². The van der Waals surface area contributed by atoms with Crippen LogP contribution in [0.5, 0.6) is 0 Å². The standard InChI is InChI=1S/C14H30N2O/c1-10(2)13(11(3)4)15-9-8-12(17)16-14(5,6)7/h10-11,13,15H,8-9H2,1-7H3,(H,16,17). The first-order chi connectivity index (χ1) is 7.63. The van der Waals surface area contributed by atoms with Gasteiger partial charge in [0.1, 0.15) is 0 Å². The van der Waals surface area contributed by atoms with E-state index >= 15 is 0 Å². The molecule has 3 heteroatoms. The Morgan fingerprint density at radius 1 is 1.06 bits per heavy atom. The highest BCUT2D eigenvalue weighted by molar-refractivity contribution is 5.76. The zero-order valence-electron chi connectivity index (χ0n) is 12.6. The molecule has 2 N–H and O–H groups in total. The third-order valence-electron chi connectivity index (χ3n) is 2.68. The van der Waals surface area contributed by atoms with E-state index in [9.17, 15) is 4.79 Å². The lowest BCUT2D eigenvalue weighted by Gasteiger charge is -2.26. The highest BCUT2D eigenvalue weighted by Crippen LogP contribution is 2.11. The van der Waals surface area contributed by atoms with Crippen molar-refractivity contribution in [1.29, 1.82) is 0 Å². The molecular weight excluding hydrogens is 212 g/mol. The van der Waals surface area contributed by atoms with Crippen LogP contribution in [0.4, 0.5) is 0 Å². The lowest BCUT2D eigenvalue weighted by molar-refractivity contribution is -0.122. The summed E-state index contributed by atoms with van der Waals surface area (Å²) in [5.74, 6) is 1.32. The molecule has 3 nitrogen and oxygen atoms in total. The van der Waals surface area contributed by atoms with Crippen LogP contribution in [0.15, 0.2) is 0 Å². The van der Waals surface area contributed by atoms with E-state index < -0.39 is 0 Å². The first kappa shape index (κ1) is 16.4. The molecule has 0 saturated carbocycles. The first-order valence-corrected chi connectivity index (χ1v) is 6.68. The molecule has 0 aromatic heterocycles. The average molecular weight is 242 g/mol. The Morgan fingerprint density at radius 3 is 1.88 bits per heavy atom. The SMILES string of the molecule is CC(C)C(NCCC(=O)NC(C)(C)C)C(C)C. The van der Waals surface area contributed by atoms with Gasteiger partial charge in [-0.25, -0.2) is 0 Å². The fourth-order valence-corrected chi connectivity index (χ4v) is 2.07. The second-order valence-electron chi connectivity index (χ2n) is 6.52. The van der Waals surface area contributed by atoms with Gasteiger partial charge in [-0.3, -0.25) is 4.79 Å². The van der Waals surface area contributed by atoms with E-state index in [1.165, 1.54) is 0 Å². The van der Waals surface area contributed by atoms with Crippen LogP contribution < -0.4 is 10.6 Å². The number of rotatable bonds is 6. The molecule has 0 saturated heterocycles. The second kappa shape index (κ2) is 7.00. The van der Waals surface area contributed by atoms with Gasteiger partial charge in [0.2, 0.25) is 5.91 Å². The van der Waals surface area contributed by atoms with Gasteiger partial charge in [0.25, 0.3) is 0 Å².